The van der Waals surface area contributed by atoms with Gasteiger partial charge in [-0.1, -0.05) is 51.0 Å². The van der Waals surface area contributed by atoms with Gasteiger partial charge in [0.1, 0.15) is 0 Å². The van der Waals surface area contributed by atoms with Gasteiger partial charge in [0, 0.05) is 43.5 Å². The molecule has 1 aliphatic carbocycles. The number of benzene rings is 2. The van der Waals surface area contributed by atoms with Crippen molar-refractivity contribution in [2.45, 2.75) is 44.0 Å². The molecule has 2 aliphatic rings. The predicted octanol–water partition coefficient (Wildman–Crippen LogP) is 3.75. The van der Waals surface area contributed by atoms with E-state index in [2.05, 4.69) is 24.1 Å². The number of rotatable bonds is 5. The van der Waals surface area contributed by atoms with Crippen LogP contribution in [0.15, 0.2) is 59.5 Å². The molecule has 0 radical (unpaired) electrons. The number of para-hydroxylation sites is 1. The molecule has 3 atom stereocenters. The summed E-state index contributed by atoms with van der Waals surface area (Å²) in [6.07, 6.45) is 3.28. The lowest BCUT2D eigenvalue weighted by Crippen LogP contribution is -2.48. The lowest BCUT2D eigenvalue weighted by molar-refractivity contribution is 0.0891. The Labute approximate surface area is 191 Å². The van der Waals surface area contributed by atoms with Crippen LogP contribution in [-0.2, 0) is 10.0 Å². The molecule has 4 rings (SSSR count). The van der Waals surface area contributed by atoms with Gasteiger partial charge in [-0.25, -0.2) is 8.42 Å². The SMILES string of the molecule is C[C@H]1[C@H](C)CCC[C@H]1NC(=O)c1cccc(S(=O)(=O)N2CCN(c3ccccc3)CC2)c1. The summed E-state index contributed by atoms with van der Waals surface area (Å²) in [5.41, 5.74) is 1.51. The van der Waals surface area contributed by atoms with E-state index in [1.165, 1.54) is 16.8 Å². The summed E-state index contributed by atoms with van der Waals surface area (Å²) in [5, 5.41) is 3.14. The first kappa shape index (κ1) is 22.8. The van der Waals surface area contributed by atoms with E-state index in [4.69, 9.17) is 0 Å². The van der Waals surface area contributed by atoms with Crippen molar-refractivity contribution in [2.75, 3.05) is 31.1 Å². The van der Waals surface area contributed by atoms with E-state index >= 15 is 0 Å². The first-order chi connectivity index (χ1) is 15.4. The van der Waals surface area contributed by atoms with E-state index in [9.17, 15) is 13.2 Å². The smallest absolute Gasteiger partial charge is 0.251 e. The number of hydrogen-bond acceptors (Lipinski definition) is 4. The molecule has 0 spiro atoms. The Morgan fingerprint density at radius 1 is 0.938 bits per heavy atom. The number of carbonyl (C=O) groups excluding carboxylic acids is 1. The zero-order valence-corrected chi connectivity index (χ0v) is 19.7. The first-order valence-electron chi connectivity index (χ1n) is 11.6. The van der Waals surface area contributed by atoms with E-state index in [1.807, 2.05) is 30.3 Å². The molecule has 6 nitrogen and oxygen atoms in total. The first-order valence-corrected chi connectivity index (χ1v) is 13.0. The minimum Gasteiger partial charge on any atom is -0.369 e. The molecule has 2 aromatic rings. The van der Waals surface area contributed by atoms with Crippen LogP contribution >= 0.6 is 0 Å². The van der Waals surface area contributed by atoms with Gasteiger partial charge in [-0.3, -0.25) is 4.79 Å². The van der Waals surface area contributed by atoms with Gasteiger partial charge in [-0.15, -0.1) is 0 Å². The highest BCUT2D eigenvalue weighted by Crippen LogP contribution is 2.30. The zero-order chi connectivity index (χ0) is 22.7. The fourth-order valence-corrected chi connectivity index (χ4v) is 6.28. The molecule has 7 heteroatoms. The third kappa shape index (κ3) is 4.84. The number of nitrogens with zero attached hydrogens (tertiary/aromatic N) is 2. The summed E-state index contributed by atoms with van der Waals surface area (Å²) in [6, 6.07) is 16.6. The van der Waals surface area contributed by atoms with Gasteiger partial charge in [0.05, 0.1) is 4.90 Å². The molecule has 0 aromatic heterocycles. The highest BCUT2D eigenvalue weighted by Gasteiger charge is 2.31. The Kier molecular flexibility index (Phi) is 6.86. The van der Waals surface area contributed by atoms with E-state index in [0.29, 0.717) is 43.6 Å². The Balaban J connectivity index is 1.43. The number of nitrogens with one attached hydrogen (secondary N) is 1. The van der Waals surface area contributed by atoms with Gasteiger partial charge < -0.3 is 10.2 Å². The third-order valence-corrected chi connectivity index (χ3v) is 9.01. The van der Waals surface area contributed by atoms with Crippen LogP contribution in [-0.4, -0.2) is 50.9 Å². The number of sulfonamides is 1. The molecule has 2 aromatic carbocycles. The molecule has 1 heterocycles. The fraction of sp³-hybridized carbons (Fsp3) is 0.480. The van der Waals surface area contributed by atoms with Crippen molar-refractivity contribution in [1.29, 1.82) is 0 Å². The third-order valence-electron chi connectivity index (χ3n) is 7.12. The maximum atomic E-state index is 13.3. The average molecular weight is 456 g/mol. The van der Waals surface area contributed by atoms with Crippen molar-refractivity contribution in [1.82, 2.24) is 9.62 Å². The standard InChI is InChI=1S/C25H33N3O3S/c1-19-8-6-13-24(20(19)2)26-25(29)21-9-7-12-23(18-21)32(30,31)28-16-14-27(15-17-28)22-10-4-3-5-11-22/h3-5,7,9-12,18-20,24H,6,8,13-17H2,1-2H3,(H,26,29)/t19-,20+,24-/m1/s1. The zero-order valence-electron chi connectivity index (χ0n) is 18.9. The quantitative estimate of drug-likeness (QED) is 0.746. The van der Waals surface area contributed by atoms with Crippen molar-refractivity contribution in [3.63, 3.8) is 0 Å². The Hall–Kier alpha value is -2.38. The molecule has 172 valence electrons. The highest BCUT2D eigenvalue weighted by atomic mass is 32.2. The number of carbonyl (C=O) groups is 1. The van der Waals surface area contributed by atoms with E-state index in [-0.39, 0.29) is 16.8 Å². The minimum atomic E-state index is -3.65. The van der Waals surface area contributed by atoms with Crippen LogP contribution in [0, 0.1) is 11.8 Å². The monoisotopic (exact) mass is 455 g/mol. The molecule has 1 amide bonds. The molecule has 1 saturated carbocycles. The lowest BCUT2D eigenvalue weighted by atomic mass is 9.78. The number of hydrogen-bond donors (Lipinski definition) is 1. The Morgan fingerprint density at radius 2 is 1.66 bits per heavy atom. The van der Waals surface area contributed by atoms with E-state index in [1.54, 1.807) is 18.2 Å². The lowest BCUT2D eigenvalue weighted by Gasteiger charge is -2.35. The highest BCUT2D eigenvalue weighted by molar-refractivity contribution is 7.89. The maximum absolute atomic E-state index is 13.3. The van der Waals surface area contributed by atoms with Crippen molar-refractivity contribution < 1.29 is 13.2 Å². The minimum absolute atomic E-state index is 0.137. The van der Waals surface area contributed by atoms with Gasteiger partial charge >= 0.3 is 0 Å². The molecule has 1 N–H and O–H groups in total. The van der Waals surface area contributed by atoms with Crippen LogP contribution in [0.4, 0.5) is 5.69 Å². The largest absolute Gasteiger partial charge is 0.369 e. The number of anilines is 1. The van der Waals surface area contributed by atoms with E-state index in [0.717, 1.165) is 18.5 Å². The summed E-state index contributed by atoms with van der Waals surface area (Å²) < 4.78 is 28.1. The molecule has 1 aliphatic heterocycles. The second-order valence-corrected chi connectivity index (χ2v) is 11.0. The molecule has 1 saturated heterocycles. The maximum Gasteiger partial charge on any atom is 0.251 e. The summed E-state index contributed by atoms with van der Waals surface area (Å²) in [6.45, 7) is 6.54. The average Bonchev–Trinajstić information content (AvgIpc) is 2.83. The summed E-state index contributed by atoms with van der Waals surface area (Å²) in [7, 11) is -3.65. The Bertz CT molecular complexity index is 1030. The summed E-state index contributed by atoms with van der Waals surface area (Å²) >= 11 is 0. The van der Waals surface area contributed by atoms with Gasteiger partial charge in [0.25, 0.3) is 5.91 Å². The van der Waals surface area contributed by atoms with Gasteiger partial charge in [0.15, 0.2) is 0 Å². The normalized spacial score (nSPS) is 24.8. The molecule has 0 bridgehead atoms. The molecular formula is C25H33N3O3S. The molecular weight excluding hydrogens is 422 g/mol. The van der Waals surface area contributed by atoms with Crippen LogP contribution in [0.25, 0.3) is 0 Å². The molecule has 2 fully saturated rings. The van der Waals surface area contributed by atoms with E-state index < -0.39 is 10.0 Å². The van der Waals surface area contributed by atoms with Crippen molar-refractivity contribution >= 4 is 21.6 Å². The van der Waals surface area contributed by atoms with Crippen molar-refractivity contribution in [2.24, 2.45) is 11.8 Å². The van der Waals surface area contributed by atoms with Gasteiger partial charge in [-0.05, 0) is 48.6 Å². The molecule has 32 heavy (non-hydrogen) atoms. The van der Waals surface area contributed by atoms with Gasteiger partial charge in [-0.2, -0.15) is 4.31 Å². The van der Waals surface area contributed by atoms with Crippen LogP contribution in [0.2, 0.25) is 0 Å². The van der Waals surface area contributed by atoms with Crippen LogP contribution in [0.1, 0.15) is 43.5 Å². The van der Waals surface area contributed by atoms with Crippen LogP contribution < -0.4 is 10.2 Å². The second kappa shape index (κ2) is 9.63. The van der Waals surface area contributed by atoms with Crippen LogP contribution in [0.5, 0.6) is 0 Å². The molecule has 0 unspecified atom stereocenters. The number of amides is 1. The fourth-order valence-electron chi connectivity index (χ4n) is 4.81. The predicted molar refractivity (Wildman–Crippen MR) is 127 cm³/mol. The Morgan fingerprint density at radius 3 is 2.38 bits per heavy atom. The second-order valence-electron chi connectivity index (χ2n) is 9.10. The topological polar surface area (TPSA) is 69.7 Å². The summed E-state index contributed by atoms with van der Waals surface area (Å²) in [5.74, 6) is 0.803. The number of piperazine rings is 1. The van der Waals surface area contributed by atoms with Crippen molar-refractivity contribution in [3.8, 4) is 0 Å². The van der Waals surface area contributed by atoms with Crippen LogP contribution in [0.3, 0.4) is 0 Å². The summed E-state index contributed by atoms with van der Waals surface area (Å²) in [4.78, 5) is 15.3. The van der Waals surface area contributed by atoms with Crippen molar-refractivity contribution in [3.05, 3.63) is 60.2 Å². The van der Waals surface area contributed by atoms with Gasteiger partial charge in [0.2, 0.25) is 10.0 Å².